The number of nitrogens with one attached hydrogen (secondary N) is 4. The van der Waals surface area contributed by atoms with Gasteiger partial charge in [-0.15, -0.1) is 56.7 Å². The summed E-state index contributed by atoms with van der Waals surface area (Å²) in [6, 6.07) is 35.8. The molecule has 734 valence electrons. The number of benzene rings is 5. The van der Waals surface area contributed by atoms with Gasteiger partial charge in [-0.3, -0.25) is 48.5 Å². The van der Waals surface area contributed by atoms with Crippen LogP contribution in [0.2, 0.25) is 10.0 Å². The van der Waals surface area contributed by atoms with E-state index in [4.69, 9.17) is 85.7 Å². The van der Waals surface area contributed by atoms with Gasteiger partial charge in [0.25, 0.3) is 35.2 Å². The maximum atomic E-state index is 13.8. The number of hydrogen-bond acceptors (Lipinski definition) is 33. The number of rotatable bonds is 27. The van der Waals surface area contributed by atoms with E-state index in [0.29, 0.717) is 145 Å². The highest BCUT2D eigenvalue weighted by Gasteiger charge is 2.43. The smallest absolute Gasteiger partial charge is 0.341 e. The summed E-state index contributed by atoms with van der Waals surface area (Å²) in [5.41, 5.74) is 15.7. The Morgan fingerprint density at radius 1 is 0.543 bits per heavy atom. The first-order chi connectivity index (χ1) is 67.0. The van der Waals surface area contributed by atoms with Crippen molar-refractivity contribution >= 4 is 199 Å². The standard InChI is InChI=1S/C30H30ClN3O4S.C20H21NO7S.C18H15ClN2O7S.C16H15NO6S.C15H17NO2S/c1-6-34(7-2)29(36)26-18(5)25(30(37)38-17(3)4)28(39-26)33-27(35)22-16-24(19-12-14-20(31)15-13-19)32-23-11-9-8-10-21(22)23;1-25-11-4-6-12(7-5-11)28-10-15(22)21-18-17(20(24)27-3)16-13(19(23)26-2)8-9-14(16)29-18;1-27-17(23)10-5-6-12-13(10)14(18(24)28-2)16(29-12)20-15(22)9-4-3-8(21(25)26)7-11(9)19;1-21-15(19)8-5-6-10-11(8)12(16(20)22-2)14(24-10)17-13(18)9-4-3-7-23-9;1-4-18-15(17)13-12(8-19-14(13)16)11-6-5-9(2)10(3)7-11/h8-17H,6-7H2,1-5H3,(H,33,35);4-7,13H,8-10H2,1-3H3,(H,21,22);3-4,7,10H,5-6H2,1-2H3,(H,20,22);3-4,7-8H,5-6H2,1-2H3,(H,17,18);5-8H,4,16H2,1-3H3. The average molecular weight is 2050 g/mol. The summed E-state index contributed by atoms with van der Waals surface area (Å²) in [6.07, 6.45) is 4.48. The third-order valence-corrected chi connectivity index (χ3v) is 28.5. The molecule has 3 aliphatic rings. The van der Waals surface area contributed by atoms with Crippen molar-refractivity contribution in [3.05, 3.63) is 257 Å². The van der Waals surface area contributed by atoms with Gasteiger partial charge in [0, 0.05) is 66.8 Å². The zero-order valence-electron chi connectivity index (χ0n) is 78.5. The van der Waals surface area contributed by atoms with E-state index in [1.807, 2.05) is 67.8 Å². The lowest BCUT2D eigenvalue weighted by molar-refractivity contribution is -0.384. The van der Waals surface area contributed by atoms with E-state index < -0.39 is 88.1 Å². The lowest BCUT2D eigenvalue weighted by Gasteiger charge is -2.18. The predicted molar refractivity (Wildman–Crippen MR) is 533 cm³/mol. The number of carbonyl (C=O) groups is 13. The van der Waals surface area contributed by atoms with Crippen molar-refractivity contribution in [2.75, 3.05) is 103 Å². The minimum atomic E-state index is -0.691. The fourth-order valence-electron chi connectivity index (χ4n) is 15.4. The number of fused-ring (bicyclic) bond motifs is 4. The second kappa shape index (κ2) is 48.4. The molecule has 34 nitrogen and oxygen atoms in total. The van der Waals surface area contributed by atoms with Crippen molar-refractivity contribution in [2.24, 2.45) is 0 Å². The van der Waals surface area contributed by atoms with Crippen molar-refractivity contribution in [1.29, 1.82) is 0 Å². The second-order valence-corrected chi connectivity index (χ2v) is 37.3. The number of nitrogen functional groups attached to an aromatic ring is 1. The molecule has 0 aliphatic heterocycles. The number of aromatic nitrogens is 1. The number of amides is 5. The number of furan rings is 1. The maximum Gasteiger partial charge on any atom is 0.341 e. The molecule has 3 unspecified atom stereocenters. The molecule has 0 bridgehead atoms. The Kier molecular flexibility index (Phi) is 36.7. The van der Waals surface area contributed by atoms with Gasteiger partial charge in [-0.25, -0.2) is 29.0 Å². The fourth-order valence-corrected chi connectivity index (χ4v) is 21.6. The van der Waals surface area contributed by atoms with Crippen LogP contribution in [0.5, 0.6) is 11.5 Å². The normalized spacial score (nSPS) is 13.3. The third kappa shape index (κ3) is 24.5. The number of non-ortho nitro benzene ring substituents is 1. The number of carbonyl (C=O) groups excluding carboxylic acids is 13. The Bertz CT molecular complexity index is 6710. The first-order valence-corrected chi connectivity index (χ1v) is 48.3. The highest BCUT2D eigenvalue weighted by Crippen LogP contribution is 2.50. The van der Waals surface area contributed by atoms with E-state index in [2.05, 4.69) is 41.2 Å². The molecule has 7 aromatic heterocycles. The van der Waals surface area contributed by atoms with Gasteiger partial charge < -0.3 is 83.7 Å². The van der Waals surface area contributed by atoms with Gasteiger partial charge in [0.05, 0.1) is 146 Å². The summed E-state index contributed by atoms with van der Waals surface area (Å²) in [4.78, 5) is 182. The SMILES string of the molecule is CCN(CC)C(=O)c1sc(NC(=O)c2cc(-c3ccc(Cl)cc3)nc3ccccc23)c(C(=O)OC(C)C)c1C.CCOC(=O)c1c(-c2ccc(C)c(C)c2)csc1N.COC(=O)c1c(NC(=O)COc2ccc(OC)cc2)sc2c1C(C(=O)OC)CC2.COC(=O)c1c(NC(=O)c2ccc([N+](=O)[O-])cc2Cl)sc2c1C(C(=O)OC)CC2.COC(=O)c1c(NC(=O)c2ccco2)sc2c1C(C(=O)OC)CC2. The Hall–Kier alpha value is -14.2. The molecule has 0 saturated heterocycles. The summed E-state index contributed by atoms with van der Waals surface area (Å²) < 4.78 is 55.2. The van der Waals surface area contributed by atoms with E-state index in [1.165, 1.54) is 118 Å². The van der Waals surface area contributed by atoms with Gasteiger partial charge >= 0.3 is 47.8 Å². The largest absolute Gasteiger partial charge is 0.497 e. The first-order valence-electron chi connectivity index (χ1n) is 43.4. The lowest BCUT2D eigenvalue weighted by atomic mass is 9.99. The molecule has 0 saturated carbocycles. The number of pyridine rings is 1. The van der Waals surface area contributed by atoms with Crippen LogP contribution in [-0.4, -0.2) is 174 Å². The lowest BCUT2D eigenvalue weighted by Crippen LogP contribution is -2.30. The summed E-state index contributed by atoms with van der Waals surface area (Å²) in [6.45, 7) is 16.1. The van der Waals surface area contributed by atoms with E-state index in [1.54, 1.807) is 88.2 Å². The Labute approximate surface area is 833 Å². The number of nitrogens with two attached hydrogens (primary N) is 1. The molecule has 3 aliphatic carbocycles. The highest BCUT2D eigenvalue weighted by atomic mass is 35.5. The molecule has 41 heteroatoms. The van der Waals surface area contributed by atoms with Gasteiger partial charge in [-0.1, -0.05) is 71.7 Å². The molecule has 5 aromatic carbocycles. The fraction of sp³-hybridized carbons (Fsp3) is 0.293. The Balaban J connectivity index is 0.000000170. The van der Waals surface area contributed by atoms with Crippen LogP contribution in [0.4, 0.5) is 30.7 Å². The van der Waals surface area contributed by atoms with Crippen molar-refractivity contribution in [3.63, 3.8) is 0 Å². The van der Waals surface area contributed by atoms with Gasteiger partial charge in [-0.2, -0.15) is 0 Å². The number of nitro groups is 1. The molecule has 140 heavy (non-hydrogen) atoms. The molecule has 5 amide bonds. The predicted octanol–water partition coefficient (Wildman–Crippen LogP) is 19.9. The van der Waals surface area contributed by atoms with E-state index in [-0.39, 0.29) is 78.9 Å². The van der Waals surface area contributed by atoms with E-state index in [9.17, 15) is 72.4 Å². The molecule has 12 aromatic rings. The molecule has 7 heterocycles. The van der Waals surface area contributed by atoms with Gasteiger partial charge in [0.2, 0.25) is 0 Å². The number of para-hydroxylation sites is 1. The zero-order chi connectivity index (χ0) is 102. The molecule has 0 fully saturated rings. The van der Waals surface area contributed by atoms with E-state index in [0.717, 1.165) is 54.8 Å². The van der Waals surface area contributed by atoms with E-state index >= 15 is 0 Å². The van der Waals surface area contributed by atoms with Crippen LogP contribution < -0.4 is 36.5 Å². The molecular weight excluding hydrogens is 1950 g/mol. The van der Waals surface area contributed by atoms with Crippen molar-refractivity contribution < 1.29 is 119 Å². The second-order valence-electron chi connectivity index (χ2n) is 31.2. The van der Waals surface area contributed by atoms with Crippen molar-refractivity contribution in [3.8, 4) is 33.9 Å². The number of nitrogens with zero attached hydrogens (tertiary/aromatic N) is 3. The Morgan fingerprint density at radius 3 is 1.53 bits per heavy atom. The molecular formula is C99H98Cl2N8O26S5. The van der Waals surface area contributed by atoms with Crippen LogP contribution >= 0.6 is 79.9 Å². The van der Waals surface area contributed by atoms with Crippen LogP contribution in [0.25, 0.3) is 33.3 Å². The number of esters is 8. The summed E-state index contributed by atoms with van der Waals surface area (Å²) in [5, 5.41) is 26.5. The highest BCUT2D eigenvalue weighted by molar-refractivity contribution is 7.19. The summed E-state index contributed by atoms with van der Waals surface area (Å²) in [7, 11) is 9.16. The van der Waals surface area contributed by atoms with Crippen LogP contribution in [-0.2, 0) is 76.3 Å². The zero-order valence-corrected chi connectivity index (χ0v) is 84.1. The number of halogens is 2. The number of nitro benzene ring substituents is 1. The Morgan fingerprint density at radius 2 is 1.05 bits per heavy atom. The minimum Gasteiger partial charge on any atom is -0.497 e. The number of ether oxygens (including phenoxy) is 10. The van der Waals surface area contributed by atoms with Crippen LogP contribution in [0, 0.1) is 30.9 Å². The molecule has 15 rings (SSSR count). The summed E-state index contributed by atoms with van der Waals surface area (Å²) >= 11 is 18.2. The molecule has 6 N–H and O–H groups in total. The number of thiophene rings is 5. The van der Waals surface area contributed by atoms with Crippen LogP contribution in [0.1, 0.15) is 212 Å². The topological polar surface area (TPSA) is 461 Å². The van der Waals surface area contributed by atoms with Crippen LogP contribution in [0.3, 0.4) is 0 Å². The van der Waals surface area contributed by atoms with Gasteiger partial charge in [0.15, 0.2) is 12.4 Å². The number of aryl methyl sites for hydroxylation is 5. The van der Waals surface area contributed by atoms with Crippen molar-refractivity contribution in [2.45, 2.75) is 118 Å². The summed E-state index contributed by atoms with van der Waals surface area (Å²) in [5.74, 6) is -6.66. The van der Waals surface area contributed by atoms with Gasteiger partial charge in [-0.05, 0) is 200 Å². The van der Waals surface area contributed by atoms with Gasteiger partial charge in [0.1, 0.15) is 42.1 Å². The number of hydrogen-bond donors (Lipinski definition) is 5. The monoisotopic (exact) mass is 2040 g/mol. The van der Waals surface area contributed by atoms with Crippen molar-refractivity contribution in [1.82, 2.24) is 9.88 Å². The molecule has 3 atom stereocenters. The average Bonchev–Trinajstić information content (AvgIpc) is 1.49. The maximum absolute atomic E-state index is 13.8. The number of anilines is 5. The number of methoxy groups -OCH3 is 7. The van der Waals surface area contributed by atoms with Crippen LogP contribution in [0.15, 0.2) is 143 Å². The minimum absolute atomic E-state index is 0.00570. The quantitative estimate of drug-likeness (QED) is 0.0138. The third-order valence-electron chi connectivity index (χ3n) is 22.4. The molecule has 0 radical (unpaired) electrons. The molecule has 0 spiro atoms. The first kappa shape index (κ1) is 106.